The molecule has 2 fully saturated rings. The Morgan fingerprint density at radius 2 is 2.14 bits per heavy atom. The summed E-state index contributed by atoms with van der Waals surface area (Å²) in [5.41, 5.74) is 0.150. The van der Waals surface area contributed by atoms with Crippen molar-refractivity contribution in [1.82, 2.24) is 0 Å². The monoisotopic (exact) mass is 194 g/mol. The predicted molar refractivity (Wildman–Crippen MR) is 55.0 cm³/mol. The molecule has 1 unspecified atom stereocenters. The van der Waals surface area contributed by atoms with E-state index in [4.69, 9.17) is 15.9 Å². The lowest BCUT2D eigenvalue weighted by atomic mass is 9.82. The van der Waals surface area contributed by atoms with Crippen LogP contribution in [0, 0.1) is 12.3 Å². The van der Waals surface area contributed by atoms with Crippen LogP contribution in [-0.2, 0) is 9.47 Å². The van der Waals surface area contributed by atoms with Crippen LogP contribution in [0.2, 0.25) is 0 Å². The van der Waals surface area contributed by atoms with Gasteiger partial charge in [0.05, 0.1) is 18.3 Å². The summed E-state index contributed by atoms with van der Waals surface area (Å²) in [6, 6.07) is 0. The molecule has 1 saturated heterocycles. The Bertz CT molecular complexity index is 223. The van der Waals surface area contributed by atoms with Crippen molar-refractivity contribution in [3.63, 3.8) is 0 Å². The fourth-order valence-electron chi connectivity index (χ4n) is 2.62. The van der Waals surface area contributed by atoms with Gasteiger partial charge in [-0.1, -0.05) is 25.2 Å². The molecule has 2 nitrogen and oxygen atoms in total. The lowest BCUT2D eigenvalue weighted by molar-refractivity contribution is -0.0272. The van der Waals surface area contributed by atoms with Gasteiger partial charge in [-0.05, 0) is 12.8 Å². The summed E-state index contributed by atoms with van der Waals surface area (Å²) in [6.07, 6.45) is 12.9. The number of ether oxygens (including phenoxy) is 2. The first-order chi connectivity index (χ1) is 6.85. The molecular weight excluding hydrogens is 176 g/mol. The molecule has 0 aromatic carbocycles. The van der Waals surface area contributed by atoms with Gasteiger partial charge in [0, 0.05) is 6.42 Å². The molecule has 1 aliphatic carbocycles. The van der Waals surface area contributed by atoms with Crippen LogP contribution in [0.1, 0.15) is 38.5 Å². The van der Waals surface area contributed by atoms with E-state index >= 15 is 0 Å². The van der Waals surface area contributed by atoms with E-state index < -0.39 is 0 Å². The van der Waals surface area contributed by atoms with Crippen LogP contribution in [0.25, 0.3) is 0 Å². The van der Waals surface area contributed by atoms with Crippen LogP contribution >= 0.6 is 0 Å². The maximum absolute atomic E-state index is 5.90. The van der Waals surface area contributed by atoms with Gasteiger partial charge in [0.25, 0.3) is 0 Å². The summed E-state index contributed by atoms with van der Waals surface area (Å²) in [5, 5.41) is 0. The van der Waals surface area contributed by atoms with Crippen molar-refractivity contribution in [2.24, 2.45) is 0 Å². The van der Waals surface area contributed by atoms with Crippen molar-refractivity contribution in [3.8, 4) is 12.3 Å². The van der Waals surface area contributed by atoms with Crippen molar-refractivity contribution in [2.45, 2.75) is 50.2 Å². The first-order valence-corrected chi connectivity index (χ1v) is 5.54. The number of hydrogen-bond acceptors (Lipinski definition) is 2. The van der Waals surface area contributed by atoms with Gasteiger partial charge in [-0.3, -0.25) is 0 Å². The van der Waals surface area contributed by atoms with Crippen LogP contribution in [0.3, 0.4) is 0 Å². The summed E-state index contributed by atoms with van der Waals surface area (Å²) < 4.78 is 11.4. The largest absolute Gasteiger partial charge is 0.372 e. The summed E-state index contributed by atoms with van der Waals surface area (Å²) >= 11 is 0. The van der Waals surface area contributed by atoms with Crippen LogP contribution in [-0.4, -0.2) is 24.9 Å². The minimum Gasteiger partial charge on any atom is -0.372 e. The maximum Gasteiger partial charge on any atom is 0.107 e. The molecule has 0 aromatic heterocycles. The molecule has 0 N–H and O–H groups in total. The van der Waals surface area contributed by atoms with E-state index in [1.165, 1.54) is 32.1 Å². The Kier molecular flexibility index (Phi) is 3.10. The van der Waals surface area contributed by atoms with E-state index in [0.717, 1.165) is 13.0 Å². The first kappa shape index (κ1) is 10.0. The molecule has 2 heteroatoms. The second-order valence-electron chi connectivity index (χ2n) is 4.40. The van der Waals surface area contributed by atoms with Crippen LogP contribution in [0.15, 0.2) is 0 Å². The molecule has 14 heavy (non-hydrogen) atoms. The van der Waals surface area contributed by atoms with E-state index in [2.05, 4.69) is 5.92 Å². The zero-order chi connectivity index (χ0) is 9.86. The molecule has 0 amide bonds. The molecule has 2 aliphatic rings. The average Bonchev–Trinajstić information content (AvgIpc) is 2.60. The molecule has 0 bridgehead atoms. The standard InChI is InChI=1S/C12H18O2/c1-2-8-13-11-9-12(14-10-11)6-4-3-5-7-12/h1,11H,3-10H2. The quantitative estimate of drug-likeness (QED) is 0.627. The molecule has 2 rings (SSSR count). The van der Waals surface area contributed by atoms with E-state index in [0.29, 0.717) is 6.61 Å². The first-order valence-electron chi connectivity index (χ1n) is 5.54. The fourth-order valence-corrected chi connectivity index (χ4v) is 2.62. The van der Waals surface area contributed by atoms with E-state index in [-0.39, 0.29) is 11.7 Å². The molecular formula is C12H18O2. The highest BCUT2D eigenvalue weighted by Gasteiger charge is 2.41. The fraction of sp³-hybridized carbons (Fsp3) is 0.833. The van der Waals surface area contributed by atoms with E-state index in [1.54, 1.807) is 0 Å². The lowest BCUT2D eigenvalue weighted by Crippen LogP contribution is -2.31. The Hall–Kier alpha value is -0.520. The van der Waals surface area contributed by atoms with Gasteiger partial charge in [-0.25, -0.2) is 0 Å². The zero-order valence-corrected chi connectivity index (χ0v) is 8.63. The van der Waals surface area contributed by atoms with Crippen molar-refractivity contribution < 1.29 is 9.47 Å². The highest BCUT2D eigenvalue weighted by molar-refractivity contribution is 4.93. The van der Waals surface area contributed by atoms with Gasteiger partial charge in [0.15, 0.2) is 0 Å². The average molecular weight is 194 g/mol. The summed E-state index contributed by atoms with van der Waals surface area (Å²) in [7, 11) is 0. The third-order valence-electron chi connectivity index (χ3n) is 3.34. The molecule has 1 saturated carbocycles. The second kappa shape index (κ2) is 4.33. The van der Waals surface area contributed by atoms with Crippen molar-refractivity contribution in [3.05, 3.63) is 0 Å². The Labute approximate surface area is 86.0 Å². The molecule has 1 spiro atoms. The topological polar surface area (TPSA) is 18.5 Å². The molecule has 1 heterocycles. The van der Waals surface area contributed by atoms with Gasteiger partial charge in [0.1, 0.15) is 6.61 Å². The molecule has 1 atom stereocenters. The van der Waals surface area contributed by atoms with Crippen LogP contribution in [0.5, 0.6) is 0 Å². The molecule has 0 aromatic rings. The summed E-state index contributed by atoms with van der Waals surface area (Å²) in [5.74, 6) is 2.51. The molecule has 0 radical (unpaired) electrons. The van der Waals surface area contributed by atoms with Gasteiger partial charge in [0.2, 0.25) is 0 Å². The predicted octanol–water partition coefficient (Wildman–Crippen LogP) is 2.13. The highest BCUT2D eigenvalue weighted by Crippen LogP contribution is 2.40. The smallest absolute Gasteiger partial charge is 0.107 e. The number of hydrogen-bond donors (Lipinski definition) is 0. The van der Waals surface area contributed by atoms with Crippen molar-refractivity contribution in [2.75, 3.05) is 13.2 Å². The minimum atomic E-state index is 0.150. The molecule has 1 aliphatic heterocycles. The lowest BCUT2D eigenvalue weighted by Gasteiger charge is -2.32. The molecule has 78 valence electrons. The number of rotatable bonds is 2. The summed E-state index contributed by atoms with van der Waals surface area (Å²) in [4.78, 5) is 0. The summed E-state index contributed by atoms with van der Waals surface area (Å²) in [6.45, 7) is 1.16. The van der Waals surface area contributed by atoms with E-state index in [9.17, 15) is 0 Å². The second-order valence-corrected chi connectivity index (χ2v) is 4.40. The van der Waals surface area contributed by atoms with Gasteiger partial charge in [-0.2, -0.15) is 0 Å². The van der Waals surface area contributed by atoms with Crippen molar-refractivity contribution >= 4 is 0 Å². The van der Waals surface area contributed by atoms with E-state index in [1.807, 2.05) is 0 Å². The SMILES string of the molecule is C#CCOC1COC2(CCCCC2)C1. The highest BCUT2D eigenvalue weighted by atomic mass is 16.6. The zero-order valence-electron chi connectivity index (χ0n) is 8.63. The Balaban J connectivity index is 1.83. The minimum absolute atomic E-state index is 0.150. The van der Waals surface area contributed by atoms with Crippen molar-refractivity contribution in [1.29, 1.82) is 0 Å². The van der Waals surface area contributed by atoms with Crippen LogP contribution in [0.4, 0.5) is 0 Å². The van der Waals surface area contributed by atoms with Gasteiger partial charge in [-0.15, -0.1) is 6.42 Å². The third kappa shape index (κ3) is 2.10. The number of terminal acetylenes is 1. The normalized spacial score (nSPS) is 30.4. The van der Waals surface area contributed by atoms with Gasteiger partial charge < -0.3 is 9.47 Å². The maximum atomic E-state index is 5.90. The Morgan fingerprint density at radius 3 is 2.86 bits per heavy atom. The Morgan fingerprint density at radius 1 is 1.36 bits per heavy atom. The van der Waals surface area contributed by atoms with Crippen LogP contribution < -0.4 is 0 Å². The van der Waals surface area contributed by atoms with Gasteiger partial charge >= 0.3 is 0 Å². The third-order valence-corrected chi connectivity index (χ3v) is 3.34.